The van der Waals surface area contributed by atoms with Crippen LogP contribution in [-0.4, -0.2) is 32.6 Å². The highest BCUT2D eigenvalue weighted by atomic mass is 35.5. The molecule has 0 saturated heterocycles. The second-order valence-corrected chi connectivity index (χ2v) is 4.35. The van der Waals surface area contributed by atoms with Gasteiger partial charge in [0.15, 0.2) is 0 Å². The summed E-state index contributed by atoms with van der Waals surface area (Å²) in [5, 5.41) is 5.94. The van der Waals surface area contributed by atoms with Crippen LogP contribution in [0, 0.1) is 0 Å². The quantitative estimate of drug-likeness (QED) is 0.620. The fourth-order valence-electron chi connectivity index (χ4n) is 1.52. The first kappa shape index (κ1) is 15.5. The van der Waals surface area contributed by atoms with Gasteiger partial charge in [-0.1, -0.05) is 11.6 Å². The van der Waals surface area contributed by atoms with E-state index in [1.165, 1.54) is 19.2 Å². The molecule has 0 heterocycles. The predicted octanol–water partition coefficient (Wildman–Crippen LogP) is 2.06. The molecule has 0 aliphatic rings. The van der Waals surface area contributed by atoms with E-state index < -0.39 is 5.97 Å². The van der Waals surface area contributed by atoms with Crippen LogP contribution in [0.5, 0.6) is 0 Å². The number of amides is 1. The van der Waals surface area contributed by atoms with Gasteiger partial charge in [-0.25, -0.2) is 4.79 Å². The third-order valence-electron chi connectivity index (χ3n) is 2.49. The smallest absolute Gasteiger partial charge is 0.339 e. The first-order valence-corrected chi connectivity index (χ1v) is 6.28. The number of hydrogen-bond donors (Lipinski definition) is 2. The molecular weight excluding hydrogens is 268 g/mol. The summed E-state index contributed by atoms with van der Waals surface area (Å²) in [4.78, 5) is 22.9. The van der Waals surface area contributed by atoms with Gasteiger partial charge in [0.05, 0.1) is 17.7 Å². The topological polar surface area (TPSA) is 67.4 Å². The molecule has 0 saturated carbocycles. The van der Waals surface area contributed by atoms with Crippen LogP contribution in [0.3, 0.4) is 0 Å². The number of carbonyl (C=O) groups excluding carboxylic acids is 2. The standard InChI is InChI=1S/C13H17ClN2O3/c1-15-7-3-4-12(17)16-9-5-6-10(11(14)8-9)13(18)19-2/h5-6,8,15H,3-4,7H2,1-2H3,(H,16,17). The molecule has 0 bridgehead atoms. The van der Waals surface area contributed by atoms with Crippen molar-refractivity contribution < 1.29 is 14.3 Å². The number of rotatable bonds is 6. The van der Waals surface area contributed by atoms with Crippen molar-refractivity contribution in [2.24, 2.45) is 0 Å². The summed E-state index contributed by atoms with van der Waals surface area (Å²) in [6.45, 7) is 0.787. The Morgan fingerprint density at radius 1 is 1.37 bits per heavy atom. The third kappa shape index (κ3) is 4.89. The number of esters is 1. The second-order valence-electron chi connectivity index (χ2n) is 3.94. The van der Waals surface area contributed by atoms with Gasteiger partial charge in [-0.15, -0.1) is 0 Å². The summed E-state index contributed by atoms with van der Waals surface area (Å²) in [6, 6.07) is 4.68. The van der Waals surface area contributed by atoms with Crippen molar-refractivity contribution >= 4 is 29.2 Å². The summed E-state index contributed by atoms with van der Waals surface area (Å²) >= 11 is 5.95. The van der Waals surface area contributed by atoms with E-state index in [4.69, 9.17) is 11.6 Å². The van der Waals surface area contributed by atoms with Gasteiger partial charge in [0, 0.05) is 12.1 Å². The van der Waals surface area contributed by atoms with E-state index in [1.54, 1.807) is 6.07 Å². The van der Waals surface area contributed by atoms with E-state index in [-0.39, 0.29) is 16.5 Å². The van der Waals surface area contributed by atoms with Crippen molar-refractivity contribution in [3.05, 3.63) is 28.8 Å². The highest BCUT2D eigenvalue weighted by molar-refractivity contribution is 6.33. The lowest BCUT2D eigenvalue weighted by Gasteiger charge is -2.07. The Balaban J connectivity index is 2.63. The molecule has 2 N–H and O–H groups in total. The Labute approximate surface area is 117 Å². The van der Waals surface area contributed by atoms with Crippen LogP contribution in [0.2, 0.25) is 5.02 Å². The molecule has 0 aliphatic heterocycles. The third-order valence-corrected chi connectivity index (χ3v) is 2.80. The Morgan fingerprint density at radius 2 is 2.11 bits per heavy atom. The number of ether oxygens (including phenoxy) is 1. The average Bonchev–Trinajstić information content (AvgIpc) is 2.38. The first-order valence-electron chi connectivity index (χ1n) is 5.90. The maximum absolute atomic E-state index is 11.6. The van der Waals surface area contributed by atoms with E-state index in [9.17, 15) is 9.59 Å². The van der Waals surface area contributed by atoms with E-state index >= 15 is 0 Å². The minimum Gasteiger partial charge on any atom is -0.465 e. The molecule has 6 heteroatoms. The molecule has 19 heavy (non-hydrogen) atoms. The predicted molar refractivity (Wildman–Crippen MR) is 74.6 cm³/mol. The Bertz CT molecular complexity index is 463. The van der Waals surface area contributed by atoms with Crippen LogP contribution in [0.25, 0.3) is 0 Å². The monoisotopic (exact) mass is 284 g/mol. The van der Waals surface area contributed by atoms with Gasteiger partial charge in [0.25, 0.3) is 0 Å². The zero-order chi connectivity index (χ0) is 14.3. The maximum Gasteiger partial charge on any atom is 0.339 e. The summed E-state index contributed by atoms with van der Waals surface area (Å²) in [6.07, 6.45) is 1.19. The minimum atomic E-state index is -0.503. The number of anilines is 1. The fraction of sp³-hybridized carbons (Fsp3) is 0.385. The molecule has 0 aliphatic carbocycles. The molecule has 1 aromatic carbocycles. The lowest BCUT2D eigenvalue weighted by atomic mass is 10.2. The van der Waals surface area contributed by atoms with Gasteiger partial charge in [-0.3, -0.25) is 4.79 Å². The second kappa shape index (κ2) is 7.76. The largest absolute Gasteiger partial charge is 0.465 e. The van der Waals surface area contributed by atoms with Crippen molar-refractivity contribution in [3.63, 3.8) is 0 Å². The zero-order valence-corrected chi connectivity index (χ0v) is 11.7. The van der Waals surface area contributed by atoms with Gasteiger partial charge in [0.1, 0.15) is 0 Å². The Kier molecular flexibility index (Phi) is 6.32. The number of benzene rings is 1. The highest BCUT2D eigenvalue weighted by Gasteiger charge is 2.11. The van der Waals surface area contributed by atoms with E-state index in [1.807, 2.05) is 7.05 Å². The van der Waals surface area contributed by atoms with Crippen LogP contribution in [0.4, 0.5) is 5.69 Å². The fourth-order valence-corrected chi connectivity index (χ4v) is 1.78. The average molecular weight is 285 g/mol. The van der Waals surface area contributed by atoms with E-state index in [0.29, 0.717) is 12.1 Å². The van der Waals surface area contributed by atoms with Crippen molar-refractivity contribution in [1.82, 2.24) is 5.32 Å². The summed E-state index contributed by atoms with van der Waals surface area (Å²) in [5.41, 5.74) is 0.837. The van der Waals surface area contributed by atoms with Crippen LogP contribution in [-0.2, 0) is 9.53 Å². The molecule has 5 nitrogen and oxygen atoms in total. The normalized spacial score (nSPS) is 10.1. The summed E-state index contributed by atoms with van der Waals surface area (Å²) < 4.78 is 4.59. The molecule has 0 fully saturated rings. The first-order chi connectivity index (χ1) is 9.08. The van der Waals surface area contributed by atoms with Crippen molar-refractivity contribution in [2.45, 2.75) is 12.8 Å². The van der Waals surface area contributed by atoms with Crippen LogP contribution in [0.15, 0.2) is 18.2 Å². The van der Waals surface area contributed by atoms with Crippen LogP contribution in [0.1, 0.15) is 23.2 Å². The van der Waals surface area contributed by atoms with Crippen molar-refractivity contribution in [1.29, 1.82) is 0 Å². The minimum absolute atomic E-state index is 0.0860. The Morgan fingerprint density at radius 3 is 2.68 bits per heavy atom. The SMILES string of the molecule is CNCCCC(=O)Nc1ccc(C(=O)OC)c(Cl)c1. The number of halogens is 1. The number of carbonyl (C=O) groups is 2. The highest BCUT2D eigenvalue weighted by Crippen LogP contribution is 2.21. The molecule has 104 valence electrons. The van der Waals surface area contributed by atoms with Gasteiger partial charge in [-0.05, 0) is 38.2 Å². The lowest BCUT2D eigenvalue weighted by molar-refractivity contribution is -0.116. The molecule has 1 aromatic rings. The lowest BCUT2D eigenvalue weighted by Crippen LogP contribution is -2.15. The van der Waals surface area contributed by atoms with Gasteiger partial charge in [0.2, 0.25) is 5.91 Å². The molecule has 0 aromatic heterocycles. The molecule has 0 atom stereocenters. The van der Waals surface area contributed by atoms with Gasteiger partial charge >= 0.3 is 5.97 Å². The number of methoxy groups -OCH3 is 1. The molecule has 1 amide bonds. The molecular formula is C13H17ClN2O3. The van der Waals surface area contributed by atoms with Crippen molar-refractivity contribution in [2.75, 3.05) is 26.0 Å². The molecule has 1 rings (SSSR count). The summed E-state index contributed by atoms with van der Waals surface area (Å²) in [7, 11) is 3.12. The van der Waals surface area contributed by atoms with Crippen LogP contribution >= 0.6 is 11.6 Å². The van der Waals surface area contributed by atoms with Gasteiger partial charge in [-0.2, -0.15) is 0 Å². The molecule has 0 unspecified atom stereocenters. The van der Waals surface area contributed by atoms with E-state index in [0.717, 1.165) is 13.0 Å². The maximum atomic E-state index is 11.6. The number of nitrogens with one attached hydrogen (secondary N) is 2. The summed E-state index contributed by atoms with van der Waals surface area (Å²) in [5.74, 6) is -0.589. The zero-order valence-electron chi connectivity index (χ0n) is 11.0. The van der Waals surface area contributed by atoms with Gasteiger partial charge < -0.3 is 15.4 Å². The van der Waals surface area contributed by atoms with Crippen molar-refractivity contribution in [3.8, 4) is 0 Å². The molecule has 0 spiro atoms. The number of hydrogen-bond acceptors (Lipinski definition) is 4. The Hall–Kier alpha value is -1.59. The molecule has 0 radical (unpaired) electrons. The van der Waals surface area contributed by atoms with Crippen LogP contribution < -0.4 is 10.6 Å². The van der Waals surface area contributed by atoms with E-state index in [2.05, 4.69) is 15.4 Å².